The minimum Gasteiger partial charge on any atom is -0.291 e. The zero-order chi connectivity index (χ0) is 14.4. The number of thiophene rings is 1. The lowest BCUT2D eigenvalue weighted by Crippen LogP contribution is -2.31. The molecular weight excluding hydrogens is 264 g/mol. The van der Waals surface area contributed by atoms with Crippen LogP contribution in [0.25, 0.3) is 0 Å². The number of rotatable bonds is 7. The lowest BCUT2D eigenvalue weighted by atomic mass is 10.1. The van der Waals surface area contributed by atoms with Gasteiger partial charge in [-0.2, -0.15) is 11.3 Å². The van der Waals surface area contributed by atoms with E-state index >= 15 is 0 Å². The van der Waals surface area contributed by atoms with Crippen molar-refractivity contribution in [2.75, 3.05) is 0 Å². The number of hydrogen-bond donors (Lipinski definition) is 0. The van der Waals surface area contributed by atoms with Gasteiger partial charge < -0.3 is 0 Å². The van der Waals surface area contributed by atoms with E-state index in [1.54, 1.807) is 11.3 Å². The van der Waals surface area contributed by atoms with Gasteiger partial charge in [0, 0.05) is 25.3 Å². The van der Waals surface area contributed by atoms with E-state index in [2.05, 4.69) is 59.6 Å². The van der Waals surface area contributed by atoms with Crippen molar-refractivity contribution in [3.05, 3.63) is 52.0 Å². The molecule has 0 spiro atoms. The van der Waals surface area contributed by atoms with Crippen molar-refractivity contribution in [1.29, 1.82) is 0 Å². The molecule has 0 bridgehead atoms. The molecule has 2 heterocycles. The fourth-order valence-electron chi connectivity index (χ4n) is 2.21. The molecule has 108 valence electrons. The van der Waals surface area contributed by atoms with E-state index in [1.807, 2.05) is 6.20 Å². The summed E-state index contributed by atoms with van der Waals surface area (Å²) in [5.74, 6) is 0. The molecular formula is C17H24N2S. The number of hydrogen-bond acceptors (Lipinski definition) is 3. The number of aromatic nitrogens is 1. The second-order valence-electron chi connectivity index (χ2n) is 5.31. The van der Waals surface area contributed by atoms with Crippen LogP contribution in [0.4, 0.5) is 0 Å². The number of pyridine rings is 1. The smallest absolute Gasteiger partial charge is 0.0544 e. The molecule has 3 heteroatoms. The zero-order valence-electron chi connectivity index (χ0n) is 12.7. The predicted octanol–water partition coefficient (Wildman–Crippen LogP) is 4.51. The van der Waals surface area contributed by atoms with Gasteiger partial charge >= 0.3 is 0 Å². The average molecular weight is 288 g/mol. The summed E-state index contributed by atoms with van der Waals surface area (Å²) >= 11 is 1.77. The molecule has 2 nitrogen and oxygen atoms in total. The first-order valence-corrected chi connectivity index (χ1v) is 8.36. The van der Waals surface area contributed by atoms with Crippen molar-refractivity contribution in [2.45, 2.75) is 52.7 Å². The van der Waals surface area contributed by atoms with Crippen LogP contribution in [0, 0.1) is 0 Å². The molecule has 0 aliphatic heterocycles. The summed E-state index contributed by atoms with van der Waals surface area (Å²) in [6.45, 7) is 8.65. The van der Waals surface area contributed by atoms with Gasteiger partial charge in [0.15, 0.2) is 0 Å². The predicted molar refractivity (Wildman–Crippen MR) is 86.9 cm³/mol. The fraction of sp³-hybridized carbons (Fsp3) is 0.471. The van der Waals surface area contributed by atoms with Gasteiger partial charge in [0.2, 0.25) is 0 Å². The van der Waals surface area contributed by atoms with E-state index in [4.69, 9.17) is 0 Å². The van der Waals surface area contributed by atoms with Crippen molar-refractivity contribution >= 4 is 11.3 Å². The molecule has 20 heavy (non-hydrogen) atoms. The molecule has 0 fully saturated rings. The van der Waals surface area contributed by atoms with E-state index in [1.165, 1.54) is 11.1 Å². The van der Waals surface area contributed by atoms with Crippen molar-refractivity contribution in [2.24, 2.45) is 0 Å². The monoisotopic (exact) mass is 288 g/mol. The minimum atomic E-state index is 0.572. The summed E-state index contributed by atoms with van der Waals surface area (Å²) < 4.78 is 0. The Kier molecular flexibility index (Phi) is 5.74. The second-order valence-corrected chi connectivity index (χ2v) is 6.09. The van der Waals surface area contributed by atoms with Crippen molar-refractivity contribution in [3.8, 4) is 0 Å². The molecule has 0 aromatic carbocycles. The highest BCUT2D eigenvalue weighted by Crippen LogP contribution is 2.16. The number of aryl methyl sites for hydroxylation is 1. The van der Waals surface area contributed by atoms with E-state index in [-0.39, 0.29) is 0 Å². The van der Waals surface area contributed by atoms with E-state index in [0.29, 0.717) is 6.04 Å². The van der Waals surface area contributed by atoms with Crippen LogP contribution in [0.3, 0.4) is 0 Å². The molecule has 0 N–H and O–H groups in total. The summed E-state index contributed by atoms with van der Waals surface area (Å²) in [5, 5.41) is 4.39. The summed E-state index contributed by atoms with van der Waals surface area (Å²) in [6, 6.07) is 7.15. The Bertz CT molecular complexity index is 490. The Hall–Kier alpha value is -1.19. The van der Waals surface area contributed by atoms with Gasteiger partial charge in [-0.3, -0.25) is 9.88 Å². The third-order valence-corrected chi connectivity index (χ3v) is 4.57. The molecule has 2 rings (SSSR count). The average Bonchev–Trinajstić information content (AvgIpc) is 2.99. The van der Waals surface area contributed by atoms with Gasteiger partial charge in [-0.15, -0.1) is 0 Å². The first-order chi connectivity index (χ1) is 9.72. The summed E-state index contributed by atoms with van der Waals surface area (Å²) in [4.78, 5) is 7.11. The van der Waals surface area contributed by atoms with E-state index in [0.717, 1.165) is 31.6 Å². The van der Waals surface area contributed by atoms with Crippen LogP contribution in [-0.4, -0.2) is 15.9 Å². The van der Waals surface area contributed by atoms with Crippen LogP contribution in [0.5, 0.6) is 0 Å². The molecule has 0 radical (unpaired) electrons. The van der Waals surface area contributed by atoms with Crippen LogP contribution in [0.2, 0.25) is 0 Å². The largest absolute Gasteiger partial charge is 0.291 e. The first kappa shape index (κ1) is 15.2. The van der Waals surface area contributed by atoms with Crippen LogP contribution in [0.15, 0.2) is 35.2 Å². The third-order valence-electron chi connectivity index (χ3n) is 3.84. The van der Waals surface area contributed by atoms with E-state index in [9.17, 15) is 0 Å². The minimum absolute atomic E-state index is 0.572. The molecule has 2 aromatic heterocycles. The van der Waals surface area contributed by atoms with Gasteiger partial charge in [0.1, 0.15) is 0 Å². The summed E-state index contributed by atoms with van der Waals surface area (Å²) in [6.07, 6.45) is 4.23. The molecule has 0 saturated heterocycles. The van der Waals surface area contributed by atoms with Crippen molar-refractivity contribution < 1.29 is 0 Å². The molecule has 0 saturated carbocycles. The van der Waals surface area contributed by atoms with Crippen LogP contribution in [0.1, 0.15) is 44.0 Å². The maximum atomic E-state index is 4.60. The Morgan fingerprint density at radius 3 is 2.55 bits per heavy atom. The highest BCUT2D eigenvalue weighted by atomic mass is 32.1. The highest BCUT2D eigenvalue weighted by Gasteiger charge is 2.14. The van der Waals surface area contributed by atoms with Crippen LogP contribution in [-0.2, 0) is 19.5 Å². The molecule has 2 aromatic rings. The summed E-state index contributed by atoms with van der Waals surface area (Å²) in [5.41, 5.74) is 3.87. The fourth-order valence-corrected chi connectivity index (χ4v) is 2.87. The van der Waals surface area contributed by atoms with Gasteiger partial charge in [-0.25, -0.2) is 0 Å². The Labute approximate surface area is 126 Å². The van der Waals surface area contributed by atoms with Crippen molar-refractivity contribution in [1.82, 2.24) is 9.88 Å². The Balaban J connectivity index is 2.06. The molecule has 1 unspecified atom stereocenters. The van der Waals surface area contributed by atoms with Crippen LogP contribution < -0.4 is 0 Å². The zero-order valence-corrected chi connectivity index (χ0v) is 13.5. The van der Waals surface area contributed by atoms with E-state index < -0.39 is 0 Å². The Morgan fingerprint density at radius 1 is 1.15 bits per heavy atom. The topological polar surface area (TPSA) is 16.1 Å². The molecule has 0 aliphatic carbocycles. The molecule has 1 atom stereocenters. The lowest BCUT2D eigenvalue weighted by molar-refractivity contribution is 0.184. The molecule has 0 amide bonds. The standard InChI is InChI=1S/C17H24N2S/c1-4-14(3)19(11-16-8-9-20-13-16)12-17-7-6-15(5-2)10-18-17/h6-10,13-14H,4-5,11-12H2,1-3H3. The first-order valence-electron chi connectivity index (χ1n) is 7.41. The van der Waals surface area contributed by atoms with Crippen LogP contribution >= 0.6 is 11.3 Å². The SMILES string of the molecule is CCc1ccc(CN(Cc2ccsc2)C(C)CC)nc1. The highest BCUT2D eigenvalue weighted by molar-refractivity contribution is 7.07. The van der Waals surface area contributed by atoms with Gasteiger partial charge in [-0.1, -0.05) is 19.9 Å². The van der Waals surface area contributed by atoms with Crippen molar-refractivity contribution in [3.63, 3.8) is 0 Å². The normalized spacial score (nSPS) is 12.8. The van der Waals surface area contributed by atoms with Gasteiger partial charge in [0.05, 0.1) is 5.69 Å². The lowest BCUT2D eigenvalue weighted by Gasteiger charge is -2.27. The molecule has 0 aliphatic rings. The Morgan fingerprint density at radius 2 is 2.00 bits per heavy atom. The summed E-state index contributed by atoms with van der Waals surface area (Å²) in [7, 11) is 0. The second kappa shape index (κ2) is 7.55. The maximum Gasteiger partial charge on any atom is 0.0544 e. The maximum absolute atomic E-state index is 4.60. The quantitative estimate of drug-likeness (QED) is 0.745. The van der Waals surface area contributed by atoms with Gasteiger partial charge in [0.25, 0.3) is 0 Å². The van der Waals surface area contributed by atoms with Gasteiger partial charge in [-0.05, 0) is 53.8 Å². The third kappa shape index (κ3) is 4.15. The number of nitrogens with zero attached hydrogens (tertiary/aromatic N) is 2.